The smallest absolute Gasteiger partial charge is 0.204 e. The molecule has 1 N–H and O–H groups in total. The van der Waals surface area contributed by atoms with Gasteiger partial charge in [-0.1, -0.05) is 18.2 Å². The van der Waals surface area contributed by atoms with E-state index in [1.165, 1.54) is 11.5 Å². The summed E-state index contributed by atoms with van der Waals surface area (Å²) in [6.45, 7) is 1.29. The van der Waals surface area contributed by atoms with Crippen molar-refractivity contribution >= 4 is 22.4 Å². The maximum absolute atomic E-state index is 9.18. The van der Waals surface area contributed by atoms with Crippen LogP contribution in [0.3, 0.4) is 0 Å². The molecule has 0 aliphatic rings. The summed E-state index contributed by atoms with van der Waals surface area (Å²) < 4.78 is 4.35. The summed E-state index contributed by atoms with van der Waals surface area (Å²) in [4.78, 5) is 8.48. The fraction of sp³-hybridized carbons (Fsp3) is 0.385. The summed E-state index contributed by atoms with van der Waals surface area (Å²) >= 11 is 1.39. The van der Waals surface area contributed by atoms with E-state index in [-0.39, 0.29) is 6.61 Å². The molecule has 2 rings (SSSR count). The van der Waals surface area contributed by atoms with Gasteiger partial charge >= 0.3 is 0 Å². The molecule has 19 heavy (non-hydrogen) atoms. The zero-order chi connectivity index (χ0) is 13.7. The Kier molecular flexibility index (Phi) is 4.70. The van der Waals surface area contributed by atoms with Crippen molar-refractivity contribution in [2.24, 2.45) is 0 Å². The van der Waals surface area contributed by atoms with Crippen LogP contribution in [-0.2, 0) is 6.54 Å². The molecule has 1 aromatic carbocycles. The second kappa shape index (κ2) is 6.49. The third-order valence-electron chi connectivity index (χ3n) is 2.66. The van der Waals surface area contributed by atoms with E-state index in [1.807, 2.05) is 49.3 Å². The van der Waals surface area contributed by atoms with Crippen molar-refractivity contribution in [3.05, 3.63) is 36.2 Å². The number of hydrogen-bond donors (Lipinski definition) is 1. The number of para-hydroxylation sites is 1. The number of anilines is 2. The second-order valence-electron chi connectivity index (χ2n) is 4.37. The molecule has 0 aliphatic heterocycles. The molecule has 0 radical (unpaired) electrons. The van der Waals surface area contributed by atoms with E-state index in [9.17, 15) is 5.11 Å². The van der Waals surface area contributed by atoms with Crippen LogP contribution in [-0.4, -0.2) is 41.7 Å². The highest BCUT2D eigenvalue weighted by Crippen LogP contribution is 2.18. The Bertz CT molecular complexity index is 500. The fourth-order valence-corrected chi connectivity index (χ4v) is 2.32. The molecule has 1 heterocycles. The molecule has 102 valence electrons. The van der Waals surface area contributed by atoms with Crippen LogP contribution >= 0.6 is 11.5 Å². The van der Waals surface area contributed by atoms with Crippen LogP contribution in [0.5, 0.6) is 0 Å². The van der Waals surface area contributed by atoms with Gasteiger partial charge in [0.25, 0.3) is 0 Å². The van der Waals surface area contributed by atoms with Gasteiger partial charge in [0, 0.05) is 37.9 Å². The number of aliphatic hydroxyl groups excluding tert-OH is 1. The standard InChI is InChI=1S/C13H18N4OS/c1-16(2)13-14-12(15-19-13)10-17(8-9-18)11-6-4-3-5-7-11/h3-7,18H,8-10H2,1-2H3. The minimum atomic E-state index is 0.111. The number of hydrogen-bond acceptors (Lipinski definition) is 6. The van der Waals surface area contributed by atoms with Crippen LogP contribution in [0.4, 0.5) is 10.8 Å². The van der Waals surface area contributed by atoms with Crippen LogP contribution < -0.4 is 9.80 Å². The van der Waals surface area contributed by atoms with Gasteiger partial charge in [-0.2, -0.15) is 4.37 Å². The molecule has 0 unspecified atom stereocenters. The molecular formula is C13H18N4OS. The maximum atomic E-state index is 9.18. The second-order valence-corrected chi connectivity index (χ2v) is 5.10. The molecule has 0 aliphatic carbocycles. The number of aromatic nitrogens is 2. The van der Waals surface area contributed by atoms with E-state index < -0.39 is 0 Å². The first-order valence-electron chi connectivity index (χ1n) is 6.11. The Morgan fingerprint density at radius 1 is 1.21 bits per heavy atom. The highest BCUT2D eigenvalue weighted by atomic mass is 32.1. The Balaban J connectivity index is 2.12. The van der Waals surface area contributed by atoms with Crippen molar-refractivity contribution in [1.82, 2.24) is 9.36 Å². The largest absolute Gasteiger partial charge is 0.395 e. The Morgan fingerprint density at radius 2 is 1.95 bits per heavy atom. The first-order valence-corrected chi connectivity index (χ1v) is 6.89. The third-order valence-corrected chi connectivity index (χ3v) is 3.59. The fourth-order valence-electron chi connectivity index (χ4n) is 1.72. The zero-order valence-corrected chi connectivity index (χ0v) is 12.0. The van der Waals surface area contributed by atoms with Crippen LogP contribution in [0.15, 0.2) is 30.3 Å². The molecule has 0 spiro atoms. The van der Waals surface area contributed by atoms with E-state index in [0.29, 0.717) is 13.1 Å². The van der Waals surface area contributed by atoms with Crippen molar-refractivity contribution in [1.29, 1.82) is 0 Å². The van der Waals surface area contributed by atoms with Crippen LogP contribution in [0.25, 0.3) is 0 Å². The summed E-state index contributed by atoms with van der Waals surface area (Å²) in [6, 6.07) is 9.99. The quantitative estimate of drug-likeness (QED) is 0.870. The predicted octanol–water partition coefficient (Wildman–Crippen LogP) is 1.60. The van der Waals surface area contributed by atoms with E-state index in [4.69, 9.17) is 0 Å². The maximum Gasteiger partial charge on any atom is 0.204 e. The van der Waals surface area contributed by atoms with Crippen LogP contribution in [0.1, 0.15) is 5.82 Å². The van der Waals surface area contributed by atoms with Gasteiger partial charge in [0.1, 0.15) is 0 Å². The predicted molar refractivity (Wildman–Crippen MR) is 78.8 cm³/mol. The van der Waals surface area contributed by atoms with Crippen molar-refractivity contribution < 1.29 is 5.11 Å². The van der Waals surface area contributed by atoms with Crippen LogP contribution in [0.2, 0.25) is 0 Å². The summed E-state index contributed by atoms with van der Waals surface area (Å²) in [5.74, 6) is 0.783. The lowest BCUT2D eigenvalue weighted by atomic mass is 10.3. The lowest BCUT2D eigenvalue weighted by Crippen LogP contribution is -2.26. The number of nitrogens with zero attached hydrogens (tertiary/aromatic N) is 4. The third kappa shape index (κ3) is 3.65. The van der Waals surface area contributed by atoms with E-state index in [2.05, 4.69) is 14.3 Å². The summed E-state index contributed by atoms with van der Waals surface area (Å²) in [7, 11) is 3.90. The highest BCUT2D eigenvalue weighted by Gasteiger charge is 2.11. The van der Waals surface area contributed by atoms with Gasteiger partial charge in [0.2, 0.25) is 5.13 Å². The van der Waals surface area contributed by atoms with Gasteiger partial charge in [0.05, 0.1) is 13.2 Å². The van der Waals surface area contributed by atoms with Crippen LogP contribution in [0, 0.1) is 0 Å². The number of aliphatic hydroxyl groups is 1. The Morgan fingerprint density at radius 3 is 2.53 bits per heavy atom. The molecule has 0 saturated heterocycles. The summed E-state index contributed by atoms with van der Waals surface area (Å²) in [6.07, 6.45) is 0. The first-order chi connectivity index (χ1) is 9.20. The molecule has 0 bridgehead atoms. The van der Waals surface area contributed by atoms with E-state index in [1.54, 1.807) is 0 Å². The number of rotatable bonds is 6. The highest BCUT2D eigenvalue weighted by molar-refractivity contribution is 7.09. The molecule has 0 fully saturated rings. The minimum Gasteiger partial charge on any atom is -0.395 e. The Hall–Kier alpha value is -1.66. The van der Waals surface area contributed by atoms with E-state index in [0.717, 1.165) is 16.6 Å². The van der Waals surface area contributed by atoms with Gasteiger partial charge in [-0.25, -0.2) is 4.98 Å². The Labute approximate surface area is 117 Å². The molecule has 0 atom stereocenters. The SMILES string of the molecule is CN(C)c1nc(CN(CCO)c2ccccc2)ns1. The molecule has 1 aromatic heterocycles. The normalized spacial score (nSPS) is 10.5. The zero-order valence-electron chi connectivity index (χ0n) is 11.2. The summed E-state index contributed by atoms with van der Waals surface area (Å²) in [5.41, 5.74) is 1.07. The molecular weight excluding hydrogens is 260 g/mol. The molecule has 5 nitrogen and oxygen atoms in total. The van der Waals surface area contributed by atoms with Crippen molar-refractivity contribution in [3.8, 4) is 0 Å². The minimum absolute atomic E-state index is 0.111. The molecule has 2 aromatic rings. The molecule has 0 saturated carbocycles. The monoisotopic (exact) mass is 278 g/mol. The van der Waals surface area contributed by atoms with E-state index >= 15 is 0 Å². The lowest BCUT2D eigenvalue weighted by Gasteiger charge is -2.22. The molecule has 6 heteroatoms. The van der Waals surface area contributed by atoms with Gasteiger partial charge in [-0.3, -0.25) is 0 Å². The molecule has 0 amide bonds. The number of benzene rings is 1. The topological polar surface area (TPSA) is 52.5 Å². The average Bonchev–Trinajstić information content (AvgIpc) is 2.88. The summed E-state index contributed by atoms with van der Waals surface area (Å²) in [5, 5.41) is 10.1. The lowest BCUT2D eigenvalue weighted by molar-refractivity contribution is 0.301. The van der Waals surface area contributed by atoms with Gasteiger partial charge < -0.3 is 14.9 Å². The van der Waals surface area contributed by atoms with Gasteiger partial charge in [0.15, 0.2) is 5.82 Å². The van der Waals surface area contributed by atoms with Gasteiger partial charge in [-0.05, 0) is 12.1 Å². The van der Waals surface area contributed by atoms with Crippen molar-refractivity contribution in [3.63, 3.8) is 0 Å². The van der Waals surface area contributed by atoms with Gasteiger partial charge in [-0.15, -0.1) is 0 Å². The van der Waals surface area contributed by atoms with Crippen molar-refractivity contribution in [2.45, 2.75) is 6.54 Å². The first kappa shape index (κ1) is 13.8. The average molecular weight is 278 g/mol. The van der Waals surface area contributed by atoms with Crippen molar-refractivity contribution in [2.75, 3.05) is 37.0 Å².